The first-order valence-corrected chi connectivity index (χ1v) is 7.77. The second-order valence-corrected chi connectivity index (χ2v) is 5.75. The van der Waals surface area contributed by atoms with Crippen LogP contribution in [0.5, 0.6) is 0 Å². The molecule has 0 spiro atoms. The summed E-state index contributed by atoms with van der Waals surface area (Å²) < 4.78 is 0. The minimum Gasteiger partial charge on any atom is -0.298 e. The Morgan fingerprint density at radius 2 is 1.74 bits per heavy atom. The maximum Gasteiger partial charge on any atom is 0.150 e. The van der Waals surface area contributed by atoms with Gasteiger partial charge in [0.25, 0.3) is 0 Å². The highest BCUT2D eigenvalue weighted by molar-refractivity contribution is 5.75. The topological polar surface area (TPSA) is 17.1 Å². The summed E-state index contributed by atoms with van der Waals surface area (Å²) in [4.78, 5) is 10.9. The Hall–Kier alpha value is -1.11. The number of hydrogen-bond donors (Lipinski definition) is 0. The zero-order chi connectivity index (χ0) is 14.1. The molecule has 0 unspecified atom stereocenters. The molecule has 1 nitrogen and oxygen atoms in total. The first kappa shape index (κ1) is 15.9. The van der Waals surface area contributed by atoms with Crippen molar-refractivity contribution in [2.45, 2.75) is 71.6 Å². The molecule has 1 rings (SSSR count). The van der Waals surface area contributed by atoms with Gasteiger partial charge >= 0.3 is 0 Å². The standard InChI is InChI=1S/C18H28O/c1-4-5-6-7-8-9-10-17-13-16(14-19)11-12-18(17)15(2)3/h11-15H,4-10H2,1-3H3. The second kappa shape index (κ2) is 8.90. The molecule has 0 atom stereocenters. The van der Waals surface area contributed by atoms with E-state index in [1.807, 2.05) is 6.07 Å². The smallest absolute Gasteiger partial charge is 0.150 e. The molecule has 0 saturated carbocycles. The van der Waals surface area contributed by atoms with Gasteiger partial charge in [0.1, 0.15) is 6.29 Å². The molecule has 0 heterocycles. The number of aryl methyl sites for hydroxylation is 1. The van der Waals surface area contributed by atoms with Crippen molar-refractivity contribution in [1.29, 1.82) is 0 Å². The van der Waals surface area contributed by atoms with Gasteiger partial charge in [0.2, 0.25) is 0 Å². The van der Waals surface area contributed by atoms with Crippen LogP contribution in [-0.4, -0.2) is 6.29 Å². The molecule has 0 bridgehead atoms. The molecule has 0 aliphatic carbocycles. The molecule has 1 aromatic carbocycles. The first-order valence-electron chi connectivity index (χ1n) is 7.77. The third kappa shape index (κ3) is 5.59. The highest BCUT2D eigenvalue weighted by Gasteiger charge is 2.07. The van der Waals surface area contributed by atoms with Gasteiger partial charge in [0, 0.05) is 5.56 Å². The lowest BCUT2D eigenvalue weighted by Crippen LogP contribution is -1.98. The Kier molecular flexibility index (Phi) is 7.47. The number of hydrogen-bond acceptors (Lipinski definition) is 1. The summed E-state index contributed by atoms with van der Waals surface area (Å²) >= 11 is 0. The van der Waals surface area contributed by atoms with Crippen LogP contribution in [-0.2, 0) is 6.42 Å². The quantitative estimate of drug-likeness (QED) is 0.421. The molecule has 1 heteroatoms. The fraction of sp³-hybridized carbons (Fsp3) is 0.611. The predicted molar refractivity (Wildman–Crippen MR) is 83.0 cm³/mol. The largest absolute Gasteiger partial charge is 0.298 e. The van der Waals surface area contributed by atoms with E-state index in [0.29, 0.717) is 5.92 Å². The molecule has 0 aliphatic heterocycles. The van der Waals surface area contributed by atoms with Gasteiger partial charge in [-0.2, -0.15) is 0 Å². The van der Waals surface area contributed by atoms with Gasteiger partial charge in [-0.3, -0.25) is 4.79 Å². The third-order valence-electron chi connectivity index (χ3n) is 3.72. The normalized spacial score (nSPS) is 10.9. The summed E-state index contributed by atoms with van der Waals surface area (Å²) in [5.41, 5.74) is 3.58. The molecule has 0 fully saturated rings. The van der Waals surface area contributed by atoms with E-state index in [-0.39, 0.29) is 0 Å². The summed E-state index contributed by atoms with van der Waals surface area (Å²) in [6.07, 6.45) is 9.99. The van der Waals surface area contributed by atoms with Crippen molar-refractivity contribution < 1.29 is 4.79 Å². The molecule has 19 heavy (non-hydrogen) atoms. The molecule has 0 N–H and O–H groups in total. The van der Waals surface area contributed by atoms with Gasteiger partial charge < -0.3 is 0 Å². The van der Waals surface area contributed by atoms with E-state index in [1.54, 1.807) is 0 Å². The van der Waals surface area contributed by atoms with Crippen molar-refractivity contribution in [2.24, 2.45) is 0 Å². The fourth-order valence-electron chi connectivity index (χ4n) is 2.57. The van der Waals surface area contributed by atoms with Crippen molar-refractivity contribution in [3.8, 4) is 0 Å². The average molecular weight is 260 g/mol. The van der Waals surface area contributed by atoms with Gasteiger partial charge in [0.05, 0.1) is 0 Å². The Morgan fingerprint density at radius 1 is 1.05 bits per heavy atom. The molecule has 0 aromatic heterocycles. The molecule has 0 saturated heterocycles. The predicted octanol–water partition coefficient (Wildman–Crippen LogP) is 5.53. The van der Waals surface area contributed by atoms with Crippen LogP contribution >= 0.6 is 0 Å². The Labute approximate surface area is 118 Å². The molecule has 106 valence electrons. The number of aldehydes is 1. The lowest BCUT2D eigenvalue weighted by Gasteiger charge is -2.13. The first-order chi connectivity index (χ1) is 9.19. The van der Waals surface area contributed by atoms with Crippen molar-refractivity contribution >= 4 is 6.29 Å². The van der Waals surface area contributed by atoms with Gasteiger partial charge in [-0.05, 0) is 36.0 Å². The number of benzene rings is 1. The van der Waals surface area contributed by atoms with Crippen LogP contribution in [0.25, 0.3) is 0 Å². The maximum atomic E-state index is 10.9. The van der Waals surface area contributed by atoms with Crippen LogP contribution in [0.15, 0.2) is 18.2 Å². The van der Waals surface area contributed by atoms with Crippen LogP contribution < -0.4 is 0 Å². The van der Waals surface area contributed by atoms with E-state index in [9.17, 15) is 4.79 Å². The monoisotopic (exact) mass is 260 g/mol. The summed E-state index contributed by atoms with van der Waals surface area (Å²) in [5, 5.41) is 0. The van der Waals surface area contributed by atoms with Crippen molar-refractivity contribution in [2.75, 3.05) is 0 Å². The molecule has 0 aliphatic rings. The van der Waals surface area contributed by atoms with Crippen LogP contribution in [0.1, 0.15) is 86.7 Å². The minimum absolute atomic E-state index is 0.538. The van der Waals surface area contributed by atoms with Gasteiger partial charge in [-0.25, -0.2) is 0 Å². The van der Waals surface area contributed by atoms with Gasteiger partial charge in [0.15, 0.2) is 0 Å². The van der Waals surface area contributed by atoms with E-state index in [1.165, 1.54) is 49.7 Å². The van der Waals surface area contributed by atoms with E-state index in [2.05, 4.69) is 32.9 Å². The summed E-state index contributed by atoms with van der Waals surface area (Å²) in [7, 11) is 0. The van der Waals surface area contributed by atoms with Gasteiger partial charge in [-0.1, -0.05) is 65.0 Å². The zero-order valence-corrected chi connectivity index (χ0v) is 12.7. The van der Waals surface area contributed by atoms with E-state index in [0.717, 1.165) is 18.3 Å². The Bertz CT molecular complexity index is 379. The molecular weight excluding hydrogens is 232 g/mol. The van der Waals surface area contributed by atoms with E-state index < -0.39 is 0 Å². The Balaban J connectivity index is 2.52. The maximum absolute atomic E-state index is 10.9. The second-order valence-electron chi connectivity index (χ2n) is 5.75. The fourth-order valence-corrected chi connectivity index (χ4v) is 2.57. The third-order valence-corrected chi connectivity index (χ3v) is 3.72. The number of unbranched alkanes of at least 4 members (excludes halogenated alkanes) is 5. The van der Waals surface area contributed by atoms with E-state index in [4.69, 9.17) is 0 Å². The van der Waals surface area contributed by atoms with Crippen LogP contribution in [0.3, 0.4) is 0 Å². The highest BCUT2D eigenvalue weighted by atomic mass is 16.1. The van der Waals surface area contributed by atoms with Gasteiger partial charge in [-0.15, -0.1) is 0 Å². The number of rotatable bonds is 9. The zero-order valence-electron chi connectivity index (χ0n) is 12.7. The minimum atomic E-state index is 0.538. The van der Waals surface area contributed by atoms with Crippen LogP contribution in [0.2, 0.25) is 0 Å². The highest BCUT2D eigenvalue weighted by Crippen LogP contribution is 2.22. The SMILES string of the molecule is CCCCCCCCc1cc(C=O)ccc1C(C)C. The lowest BCUT2D eigenvalue weighted by molar-refractivity contribution is 0.112. The lowest BCUT2D eigenvalue weighted by atomic mass is 9.92. The molecule has 0 radical (unpaired) electrons. The summed E-state index contributed by atoms with van der Waals surface area (Å²) in [6.45, 7) is 6.70. The van der Waals surface area contributed by atoms with Crippen LogP contribution in [0.4, 0.5) is 0 Å². The Morgan fingerprint density at radius 3 is 2.37 bits per heavy atom. The average Bonchev–Trinajstić information content (AvgIpc) is 2.42. The van der Waals surface area contributed by atoms with Crippen molar-refractivity contribution in [3.63, 3.8) is 0 Å². The van der Waals surface area contributed by atoms with Crippen LogP contribution in [0, 0.1) is 0 Å². The summed E-state index contributed by atoms with van der Waals surface area (Å²) in [6, 6.07) is 6.14. The summed E-state index contributed by atoms with van der Waals surface area (Å²) in [5.74, 6) is 0.538. The molecule has 0 amide bonds. The number of carbonyl (C=O) groups is 1. The molecule has 1 aromatic rings. The van der Waals surface area contributed by atoms with Crippen molar-refractivity contribution in [1.82, 2.24) is 0 Å². The number of carbonyl (C=O) groups excluding carboxylic acids is 1. The molecular formula is C18H28O. The van der Waals surface area contributed by atoms with Crippen molar-refractivity contribution in [3.05, 3.63) is 34.9 Å². The van der Waals surface area contributed by atoms with E-state index >= 15 is 0 Å².